The van der Waals surface area contributed by atoms with Crippen molar-refractivity contribution in [2.24, 2.45) is 5.92 Å². The first-order valence-electron chi connectivity index (χ1n) is 6.36. The molecule has 2 N–H and O–H groups in total. The molecule has 1 aromatic rings. The number of ether oxygens (including phenoxy) is 1. The molecule has 6 heteroatoms. The SMILES string of the molecule is CCC(CNC(=O)C(C)Oc1ccc(Cl)cc1)C(=O)O. The fraction of sp³-hybridized carbons (Fsp3) is 0.429. The van der Waals surface area contributed by atoms with Crippen LogP contribution in [0, 0.1) is 5.92 Å². The number of hydrogen-bond acceptors (Lipinski definition) is 3. The van der Waals surface area contributed by atoms with Crippen molar-refractivity contribution in [2.75, 3.05) is 6.54 Å². The van der Waals surface area contributed by atoms with E-state index >= 15 is 0 Å². The molecule has 0 saturated heterocycles. The number of nitrogens with one attached hydrogen (secondary N) is 1. The molecule has 1 amide bonds. The molecule has 0 aliphatic carbocycles. The van der Waals surface area contributed by atoms with Gasteiger partial charge >= 0.3 is 5.97 Å². The van der Waals surface area contributed by atoms with Crippen molar-refractivity contribution in [3.63, 3.8) is 0 Å². The Bertz CT molecular complexity index is 461. The van der Waals surface area contributed by atoms with Gasteiger partial charge in [-0.3, -0.25) is 9.59 Å². The lowest BCUT2D eigenvalue weighted by atomic mass is 10.1. The summed E-state index contributed by atoms with van der Waals surface area (Å²) < 4.78 is 5.44. The van der Waals surface area contributed by atoms with E-state index in [-0.39, 0.29) is 12.5 Å². The van der Waals surface area contributed by atoms with Gasteiger partial charge < -0.3 is 15.2 Å². The second-order valence-corrected chi connectivity index (χ2v) is 4.84. The molecule has 5 nitrogen and oxygen atoms in total. The summed E-state index contributed by atoms with van der Waals surface area (Å²) in [4.78, 5) is 22.6. The van der Waals surface area contributed by atoms with Crippen LogP contribution >= 0.6 is 11.6 Å². The van der Waals surface area contributed by atoms with E-state index in [0.717, 1.165) is 0 Å². The molecule has 0 spiro atoms. The summed E-state index contributed by atoms with van der Waals surface area (Å²) in [7, 11) is 0. The van der Waals surface area contributed by atoms with E-state index in [2.05, 4.69) is 5.32 Å². The van der Waals surface area contributed by atoms with Crippen LogP contribution in [0.1, 0.15) is 20.3 Å². The molecule has 2 unspecified atom stereocenters. The predicted octanol–water partition coefficient (Wildman–Crippen LogP) is 2.33. The van der Waals surface area contributed by atoms with Crippen molar-refractivity contribution in [3.8, 4) is 5.75 Å². The molecule has 0 bridgehead atoms. The average molecular weight is 300 g/mol. The number of rotatable bonds is 7. The molecule has 1 aromatic carbocycles. The summed E-state index contributed by atoms with van der Waals surface area (Å²) in [5.41, 5.74) is 0. The van der Waals surface area contributed by atoms with Gasteiger partial charge in [-0.15, -0.1) is 0 Å². The number of carboxylic acid groups (broad SMARTS) is 1. The Hall–Kier alpha value is -1.75. The molecule has 110 valence electrons. The van der Waals surface area contributed by atoms with E-state index in [9.17, 15) is 9.59 Å². The zero-order valence-corrected chi connectivity index (χ0v) is 12.2. The minimum atomic E-state index is -0.918. The first-order valence-corrected chi connectivity index (χ1v) is 6.74. The Balaban J connectivity index is 2.46. The molecule has 2 atom stereocenters. The van der Waals surface area contributed by atoms with Crippen LogP contribution in [-0.4, -0.2) is 29.6 Å². The topological polar surface area (TPSA) is 75.6 Å². The van der Waals surface area contributed by atoms with Gasteiger partial charge in [-0.05, 0) is 37.6 Å². The third-order valence-corrected chi connectivity index (χ3v) is 3.11. The van der Waals surface area contributed by atoms with E-state index < -0.39 is 18.0 Å². The number of carbonyl (C=O) groups excluding carboxylic acids is 1. The Kier molecular flexibility index (Phi) is 6.31. The monoisotopic (exact) mass is 299 g/mol. The first kappa shape index (κ1) is 16.3. The van der Waals surface area contributed by atoms with Crippen LogP contribution in [0.5, 0.6) is 5.75 Å². The molecule has 20 heavy (non-hydrogen) atoms. The molecule has 1 rings (SSSR count). The largest absolute Gasteiger partial charge is 0.481 e. The maximum atomic E-state index is 11.8. The molecular formula is C14H18ClNO4. The van der Waals surface area contributed by atoms with Gasteiger partial charge in [-0.2, -0.15) is 0 Å². The van der Waals surface area contributed by atoms with Gasteiger partial charge in [-0.1, -0.05) is 18.5 Å². The molecule has 0 heterocycles. The Morgan fingerprint density at radius 2 is 1.95 bits per heavy atom. The van der Waals surface area contributed by atoms with Crippen molar-refractivity contribution in [1.82, 2.24) is 5.32 Å². The van der Waals surface area contributed by atoms with Crippen molar-refractivity contribution >= 4 is 23.5 Å². The number of carbonyl (C=O) groups is 2. The van der Waals surface area contributed by atoms with E-state index in [1.807, 2.05) is 0 Å². The average Bonchev–Trinajstić information content (AvgIpc) is 2.41. The number of amides is 1. The molecule has 0 aliphatic rings. The maximum Gasteiger partial charge on any atom is 0.308 e. The standard InChI is InChI=1S/C14H18ClNO4/c1-3-10(14(18)19)8-16-13(17)9(2)20-12-6-4-11(15)5-7-12/h4-7,9-10H,3,8H2,1-2H3,(H,16,17)(H,18,19). The van der Waals surface area contributed by atoms with Crippen LogP contribution in [0.2, 0.25) is 5.02 Å². The highest BCUT2D eigenvalue weighted by molar-refractivity contribution is 6.30. The van der Waals surface area contributed by atoms with E-state index in [1.54, 1.807) is 38.1 Å². The molecule has 0 aromatic heterocycles. The Morgan fingerprint density at radius 3 is 2.45 bits per heavy atom. The zero-order chi connectivity index (χ0) is 15.1. The van der Waals surface area contributed by atoms with Crippen LogP contribution in [0.25, 0.3) is 0 Å². The lowest BCUT2D eigenvalue weighted by Gasteiger charge is -2.16. The van der Waals surface area contributed by atoms with E-state index in [0.29, 0.717) is 17.2 Å². The highest BCUT2D eigenvalue weighted by Gasteiger charge is 2.19. The van der Waals surface area contributed by atoms with Crippen LogP contribution < -0.4 is 10.1 Å². The number of hydrogen-bond donors (Lipinski definition) is 2. The van der Waals surface area contributed by atoms with Gasteiger partial charge in [0.1, 0.15) is 5.75 Å². The molecule has 0 saturated carbocycles. The lowest BCUT2D eigenvalue weighted by molar-refractivity contribution is -0.141. The van der Waals surface area contributed by atoms with Gasteiger partial charge in [-0.25, -0.2) is 0 Å². The highest BCUT2D eigenvalue weighted by Crippen LogP contribution is 2.16. The first-order chi connectivity index (χ1) is 9.43. The van der Waals surface area contributed by atoms with Gasteiger partial charge in [0.15, 0.2) is 6.10 Å². The van der Waals surface area contributed by atoms with E-state index in [1.165, 1.54) is 0 Å². The summed E-state index contributed by atoms with van der Waals surface area (Å²) >= 11 is 5.75. The number of aliphatic carboxylic acids is 1. The van der Waals surface area contributed by atoms with Gasteiger partial charge in [0.2, 0.25) is 0 Å². The number of halogens is 1. The number of benzene rings is 1. The van der Waals surface area contributed by atoms with Crippen LogP contribution in [0.3, 0.4) is 0 Å². The quantitative estimate of drug-likeness (QED) is 0.810. The summed E-state index contributed by atoms with van der Waals surface area (Å²) in [6, 6.07) is 6.66. The third-order valence-electron chi connectivity index (χ3n) is 2.86. The second kappa shape index (κ2) is 7.75. The fourth-order valence-corrected chi connectivity index (χ4v) is 1.67. The van der Waals surface area contributed by atoms with Gasteiger partial charge in [0.25, 0.3) is 5.91 Å². The maximum absolute atomic E-state index is 11.8. The smallest absolute Gasteiger partial charge is 0.308 e. The number of carboxylic acids is 1. The summed E-state index contributed by atoms with van der Waals surface area (Å²) in [6.07, 6.45) is -0.246. The predicted molar refractivity (Wildman–Crippen MR) is 76.0 cm³/mol. The summed E-state index contributed by atoms with van der Waals surface area (Å²) in [5.74, 6) is -1.32. The normalized spacial score (nSPS) is 13.3. The summed E-state index contributed by atoms with van der Waals surface area (Å²) in [5, 5.41) is 12.1. The minimum Gasteiger partial charge on any atom is -0.481 e. The molecule has 0 aliphatic heterocycles. The third kappa shape index (κ3) is 5.09. The molecule has 0 fully saturated rings. The van der Waals surface area contributed by atoms with E-state index in [4.69, 9.17) is 21.4 Å². The fourth-order valence-electron chi connectivity index (χ4n) is 1.54. The van der Waals surface area contributed by atoms with Crippen LogP contribution in [0.4, 0.5) is 0 Å². The van der Waals surface area contributed by atoms with Crippen molar-refractivity contribution in [1.29, 1.82) is 0 Å². The highest BCUT2D eigenvalue weighted by atomic mass is 35.5. The minimum absolute atomic E-state index is 0.0962. The Morgan fingerprint density at radius 1 is 1.35 bits per heavy atom. The van der Waals surface area contributed by atoms with Crippen molar-refractivity contribution in [2.45, 2.75) is 26.4 Å². The summed E-state index contributed by atoms with van der Waals surface area (Å²) in [6.45, 7) is 3.46. The molecule has 0 radical (unpaired) electrons. The van der Waals surface area contributed by atoms with Gasteiger partial charge in [0, 0.05) is 11.6 Å². The van der Waals surface area contributed by atoms with Crippen LogP contribution in [-0.2, 0) is 9.59 Å². The lowest BCUT2D eigenvalue weighted by Crippen LogP contribution is -2.40. The zero-order valence-electron chi connectivity index (χ0n) is 11.4. The van der Waals surface area contributed by atoms with Crippen molar-refractivity contribution in [3.05, 3.63) is 29.3 Å². The molecular weight excluding hydrogens is 282 g/mol. The van der Waals surface area contributed by atoms with Crippen molar-refractivity contribution < 1.29 is 19.4 Å². The van der Waals surface area contributed by atoms with Gasteiger partial charge in [0.05, 0.1) is 5.92 Å². The second-order valence-electron chi connectivity index (χ2n) is 4.40. The van der Waals surface area contributed by atoms with Crippen LogP contribution in [0.15, 0.2) is 24.3 Å². The Labute approximate surface area is 122 Å².